The minimum atomic E-state index is -0.0514. The van der Waals surface area contributed by atoms with Crippen LogP contribution in [0.1, 0.15) is 17.1 Å². The summed E-state index contributed by atoms with van der Waals surface area (Å²) in [6.07, 6.45) is 1.54. The molecule has 26 heavy (non-hydrogen) atoms. The molecule has 0 bridgehead atoms. The average Bonchev–Trinajstić information content (AvgIpc) is 3.11. The van der Waals surface area contributed by atoms with Crippen molar-refractivity contribution in [2.75, 3.05) is 23.3 Å². The molecule has 1 aliphatic heterocycles. The smallest absolute Gasteiger partial charge is 0.231 e. The van der Waals surface area contributed by atoms with Crippen molar-refractivity contribution in [3.05, 3.63) is 41.6 Å². The average molecular weight is 369 g/mol. The van der Waals surface area contributed by atoms with Crippen LogP contribution in [0.2, 0.25) is 0 Å². The van der Waals surface area contributed by atoms with Crippen molar-refractivity contribution in [2.45, 2.75) is 20.8 Å². The molecule has 0 aliphatic carbocycles. The molecule has 1 saturated heterocycles. The van der Waals surface area contributed by atoms with Crippen LogP contribution in [0.5, 0.6) is 0 Å². The molecule has 1 aliphatic rings. The fourth-order valence-electron chi connectivity index (χ4n) is 2.96. The van der Waals surface area contributed by atoms with Gasteiger partial charge in [-0.3, -0.25) is 4.79 Å². The molecule has 0 atom stereocenters. The molecule has 1 fully saturated rings. The Balaban J connectivity index is 1.42. The Bertz CT molecular complexity index is 958. The van der Waals surface area contributed by atoms with Crippen molar-refractivity contribution in [3.63, 3.8) is 0 Å². The van der Waals surface area contributed by atoms with E-state index in [0.29, 0.717) is 13.1 Å². The number of carbonyl (C=O) groups excluding carboxylic acids is 1. The van der Waals surface area contributed by atoms with Crippen molar-refractivity contribution in [3.8, 4) is 5.82 Å². The third-order valence-electron chi connectivity index (χ3n) is 4.32. The van der Waals surface area contributed by atoms with E-state index in [1.54, 1.807) is 4.68 Å². The highest BCUT2D eigenvalue weighted by molar-refractivity contribution is 7.10. The van der Waals surface area contributed by atoms with Crippen LogP contribution in [0, 0.1) is 26.7 Å². The third-order valence-corrected chi connectivity index (χ3v) is 5.11. The van der Waals surface area contributed by atoms with Crippen LogP contribution in [0.25, 0.3) is 5.82 Å². The standard InChI is InChI=1S/C17H19N7OS/c1-10-4-12(3)24(21-10)15-6-14(18-9-19-15)23-7-13(8-23)17(25)20-16-5-11(2)22-26-16/h4-6,9,13H,7-8H2,1-3H3,(H,20,25). The largest absolute Gasteiger partial charge is 0.355 e. The first-order valence-electron chi connectivity index (χ1n) is 8.34. The van der Waals surface area contributed by atoms with Gasteiger partial charge in [-0.1, -0.05) is 0 Å². The molecule has 4 rings (SSSR count). The van der Waals surface area contributed by atoms with Crippen LogP contribution >= 0.6 is 11.5 Å². The summed E-state index contributed by atoms with van der Waals surface area (Å²) in [7, 11) is 0. The molecular formula is C17H19N7OS. The van der Waals surface area contributed by atoms with E-state index in [1.165, 1.54) is 17.9 Å². The Morgan fingerprint density at radius 1 is 1.12 bits per heavy atom. The minimum Gasteiger partial charge on any atom is -0.355 e. The van der Waals surface area contributed by atoms with Crippen molar-refractivity contribution in [2.24, 2.45) is 5.92 Å². The van der Waals surface area contributed by atoms with Gasteiger partial charge in [-0.05, 0) is 44.4 Å². The number of hydrogen-bond donors (Lipinski definition) is 1. The molecule has 3 aromatic rings. The quantitative estimate of drug-likeness (QED) is 0.758. The molecule has 8 nitrogen and oxygen atoms in total. The van der Waals surface area contributed by atoms with E-state index in [0.717, 1.165) is 33.7 Å². The van der Waals surface area contributed by atoms with Crippen molar-refractivity contribution in [1.29, 1.82) is 0 Å². The Hall–Kier alpha value is -2.81. The Morgan fingerprint density at radius 2 is 1.88 bits per heavy atom. The highest BCUT2D eigenvalue weighted by Crippen LogP contribution is 2.26. The predicted molar refractivity (Wildman–Crippen MR) is 99.8 cm³/mol. The first-order chi connectivity index (χ1) is 12.5. The predicted octanol–water partition coefficient (Wildman–Crippen LogP) is 2.12. The number of nitrogens with one attached hydrogen (secondary N) is 1. The second-order valence-corrected chi connectivity index (χ2v) is 7.30. The maximum Gasteiger partial charge on any atom is 0.231 e. The van der Waals surface area contributed by atoms with Gasteiger partial charge >= 0.3 is 0 Å². The number of nitrogens with zero attached hydrogens (tertiary/aromatic N) is 6. The molecule has 0 radical (unpaired) electrons. The van der Waals surface area contributed by atoms with E-state index in [2.05, 4.69) is 29.7 Å². The van der Waals surface area contributed by atoms with Crippen molar-refractivity contribution in [1.82, 2.24) is 24.1 Å². The van der Waals surface area contributed by atoms with Gasteiger partial charge in [0, 0.05) is 24.8 Å². The number of rotatable bonds is 4. The van der Waals surface area contributed by atoms with E-state index >= 15 is 0 Å². The molecular weight excluding hydrogens is 350 g/mol. The van der Waals surface area contributed by atoms with Gasteiger partial charge in [0.1, 0.15) is 17.1 Å². The van der Waals surface area contributed by atoms with Crippen LogP contribution in [0.3, 0.4) is 0 Å². The first-order valence-corrected chi connectivity index (χ1v) is 9.12. The number of aryl methyl sites for hydroxylation is 3. The second kappa shape index (κ2) is 6.49. The zero-order valence-electron chi connectivity index (χ0n) is 14.8. The summed E-state index contributed by atoms with van der Waals surface area (Å²) in [5.74, 6) is 1.51. The van der Waals surface area contributed by atoms with E-state index in [9.17, 15) is 4.79 Å². The lowest BCUT2D eigenvalue weighted by Gasteiger charge is -2.38. The van der Waals surface area contributed by atoms with E-state index in [-0.39, 0.29) is 11.8 Å². The first kappa shape index (κ1) is 16.6. The molecule has 0 saturated carbocycles. The molecule has 134 valence electrons. The van der Waals surface area contributed by atoms with Gasteiger partial charge in [0.2, 0.25) is 5.91 Å². The number of hydrogen-bond acceptors (Lipinski definition) is 7. The summed E-state index contributed by atoms with van der Waals surface area (Å²) >= 11 is 1.30. The van der Waals surface area contributed by atoms with Gasteiger partial charge in [-0.2, -0.15) is 9.47 Å². The number of aromatic nitrogens is 5. The van der Waals surface area contributed by atoms with Crippen LogP contribution in [-0.2, 0) is 4.79 Å². The normalized spacial score (nSPS) is 14.3. The minimum absolute atomic E-state index is 0.0257. The summed E-state index contributed by atoms with van der Waals surface area (Å²) in [5.41, 5.74) is 2.88. The maximum atomic E-state index is 12.3. The lowest BCUT2D eigenvalue weighted by Crippen LogP contribution is -2.52. The fraction of sp³-hybridized carbons (Fsp3) is 0.353. The summed E-state index contributed by atoms with van der Waals surface area (Å²) in [6.45, 7) is 7.13. The lowest BCUT2D eigenvalue weighted by atomic mass is 9.99. The van der Waals surface area contributed by atoms with Gasteiger partial charge in [0.25, 0.3) is 0 Å². The molecule has 3 aromatic heterocycles. The fourth-order valence-corrected chi connectivity index (χ4v) is 3.63. The molecule has 0 spiro atoms. The third kappa shape index (κ3) is 3.17. The SMILES string of the molecule is Cc1cc(NC(=O)C2CN(c3cc(-n4nc(C)cc4C)ncn3)C2)sn1. The zero-order valence-corrected chi connectivity index (χ0v) is 15.6. The summed E-state index contributed by atoms with van der Waals surface area (Å²) in [4.78, 5) is 23.0. The Morgan fingerprint density at radius 3 is 2.54 bits per heavy atom. The topological polar surface area (TPSA) is 88.8 Å². The van der Waals surface area contributed by atoms with Gasteiger partial charge < -0.3 is 10.2 Å². The number of amides is 1. The molecule has 1 N–H and O–H groups in total. The van der Waals surface area contributed by atoms with E-state index < -0.39 is 0 Å². The molecule has 1 amide bonds. The molecule has 0 unspecified atom stereocenters. The van der Waals surface area contributed by atoms with Crippen molar-refractivity contribution < 1.29 is 4.79 Å². The molecule has 4 heterocycles. The highest BCUT2D eigenvalue weighted by Gasteiger charge is 2.34. The maximum absolute atomic E-state index is 12.3. The molecule has 0 aromatic carbocycles. The number of carbonyl (C=O) groups is 1. The summed E-state index contributed by atoms with van der Waals surface area (Å²) in [6, 6.07) is 5.79. The van der Waals surface area contributed by atoms with Gasteiger partial charge in [-0.15, -0.1) is 0 Å². The highest BCUT2D eigenvalue weighted by atomic mass is 32.1. The van der Waals surface area contributed by atoms with Gasteiger partial charge in [-0.25, -0.2) is 14.6 Å². The summed E-state index contributed by atoms with van der Waals surface area (Å²) in [5, 5.41) is 8.17. The van der Waals surface area contributed by atoms with Crippen molar-refractivity contribution >= 4 is 28.3 Å². The lowest BCUT2D eigenvalue weighted by molar-refractivity contribution is -0.120. The van der Waals surface area contributed by atoms with Gasteiger partial charge in [0.05, 0.1) is 17.3 Å². The summed E-state index contributed by atoms with van der Waals surface area (Å²) < 4.78 is 5.98. The van der Waals surface area contributed by atoms with Crippen LogP contribution in [-0.4, -0.2) is 43.1 Å². The van der Waals surface area contributed by atoms with Gasteiger partial charge in [0.15, 0.2) is 5.82 Å². The van der Waals surface area contributed by atoms with E-state index in [1.807, 2.05) is 39.0 Å². The number of anilines is 2. The zero-order chi connectivity index (χ0) is 18.3. The van der Waals surface area contributed by atoms with Crippen LogP contribution in [0.15, 0.2) is 24.5 Å². The Kier molecular flexibility index (Phi) is 4.15. The second-order valence-electron chi connectivity index (χ2n) is 6.50. The van der Waals surface area contributed by atoms with Crippen LogP contribution < -0.4 is 10.2 Å². The van der Waals surface area contributed by atoms with Crippen LogP contribution in [0.4, 0.5) is 10.8 Å². The van der Waals surface area contributed by atoms with E-state index in [4.69, 9.17) is 0 Å². The monoisotopic (exact) mass is 369 g/mol. The molecule has 9 heteroatoms. The Labute approximate surface area is 155 Å².